The van der Waals surface area contributed by atoms with Gasteiger partial charge in [-0.05, 0) is 64.1 Å². The third-order valence-electron chi connectivity index (χ3n) is 9.88. The highest BCUT2D eigenvalue weighted by Crippen LogP contribution is 2.55. The fourth-order valence-electron chi connectivity index (χ4n) is 7.26. The van der Waals surface area contributed by atoms with Crippen LogP contribution in [0.5, 0.6) is 0 Å². The molecule has 0 aliphatic heterocycles. The number of aromatic nitrogens is 3. The molecule has 0 bridgehead atoms. The van der Waals surface area contributed by atoms with Gasteiger partial charge in [0.05, 0.1) is 0 Å². The molecule has 4 heteroatoms. The second-order valence-corrected chi connectivity index (χ2v) is 12.5. The normalized spacial score (nSPS) is 15.2. The zero-order valence-electron chi connectivity index (χ0n) is 26.2. The maximum atomic E-state index is 6.31. The van der Waals surface area contributed by atoms with Gasteiger partial charge in [-0.2, -0.15) is 0 Å². The Morgan fingerprint density at radius 3 is 1.87 bits per heavy atom. The number of para-hydroxylation sites is 1. The van der Waals surface area contributed by atoms with Crippen LogP contribution in [0.25, 0.3) is 78.4 Å². The zero-order valence-corrected chi connectivity index (χ0v) is 26.2. The summed E-state index contributed by atoms with van der Waals surface area (Å²) in [7, 11) is 0. The molecular formula is C43H31N3O. The molecule has 0 amide bonds. The van der Waals surface area contributed by atoms with Gasteiger partial charge in [0.15, 0.2) is 17.5 Å². The minimum atomic E-state index is -0.171. The van der Waals surface area contributed by atoms with Gasteiger partial charge in [-0.3, -0.25) is 0 Å². The highest BCUT2D eigenvalue weighted by Gasteiger charge is 2.40. The molecule has 9 rings (SSSR count). The molecule has 1 unspecified atom stereocenters. The molecule has 1 aliphatic rings. The van der Waals surface area contributed by atoms with Crippen LogP contribution >= 0.6 is 0 Å². The zero-order chi connectivity index (χ0) is 31.5. The van der Waals surface area contributed by atoms with Crippen LogP contribution in [0.3, 0.4) is 0 Å². The predicted octanol–water partition coefficient (Wildman–Crippen LogP) is 11.1. The molecule has 0 fully saturated rings. The van der Waals surface area contributed by atoms with Crippen LogP contribution < -0.4 is 0 Å². The van der Waals surface area contributed by atoms with Crippen molar-refractivity contribution < 1.29 is 4.42 Å². The van der Waals surface area contributed by atoms with Crippen molar-refractivity contribution in [2.24, 2.45) is 0 Å². The Morgan fingerprint density at radius 2 is 1.13 bits per heavy atom. The lowest BCUT2D eigenvalue weighted by atomic mass is 9.77. The Kier molecular flexibility index (Phi) is 6.19. The third kappa shape index (κ3) is 4.33. The van der Waals surface area contributed by atoms with Gasteiger partial charge in [-0.25, -0.2) is 15.0 Å². The standard InChI is InChI=1S/C43H31N3O/c1-3-43(2)34-23-24-37-39(33-19-10-11-20-36(33)47-37)38(34)32-22-21-31(26-35(32)43)42-45-40(28-15-8-5-9-16-28)44-41(46-42)30-18-12-17-29(25-30)27-13-6-4-7-14-27/h4-26H,3H2,1-2H3. The van der Waals surface area contributed by atoms with Gasteiger partial charge in [-0.1, -0.05) is 129 Å². The quantitative estimate of drug-likeness (QED) is 0.196. The fraction of sp³-hybridized carbons (Fsp3) is 0.0930. The van der Waals surface area contributed by atoms with Crippen molar-refractivity contribution in [3.8, 4) is 56.4 Å². The van der Waals surface area contributed by atoms with Crippen LogP contribution in [-0.4, -0.2) is 15.0 Å². The van der Waals surface area contributed by atoms with E-state index in [-0.39, 0.29) is 5.41 Å². The number of furan rings is 1. The summed E-state index contributed by atoms with van der Waals surface area (Å²) in [6, 6.07) is 48.5. The van der Waals surface area contributed by atoms with Crippen LogP contribution in [0.1, 0.15) is 31.4 Å². The van der Waals surface area contributed by atoms with E-state index in [2.05, 4.69) is 123 Å². The first-order valence-corrected chi connectivity index (χ1v) is 16.2. The molecular weight excluding hydrogens is 574 g/mol. The average Bonchev–Trinajstić information content (AvgIpc) is 3.65. The number of hydrogen-bond acceptors (Lipinski definition) is 4. The van der Waals surface area contributed by atoms with E-state index in [9.17, 15) is 0 Å². The Labute approximate surface area is 273 Å². The highest BCUT2D eigenvalue weighted by atomic mass is 16.3. The van der Waals surface area contributed by atoms with E-state index in [0.717, 1.165) is 50.8 Å². The first-order chi connectivity index (χ1) is 23.1. The molecule has 1 aliphatic carbocycles. The van der Waals surface area contributed by atoms with E-state index >= 15 is 0 Å². The first-order valence-electron chi connectivity index (χ1n) is 16.2. The van der Waals surface area contributed by atoms with E-state index in [0.29, 0.717) is 17.5 Å². The van der Waals surface area contributed by atoms with Gasteiger partial charge in [0.1, 0.15) is 11.2 Å². The Morgan fingerprint density at radius 1 is 0.511 bits per heavy atom. The van der Waals surface area contributed by atoms with Gasteiger partial charge in [0.2, 0.25) is 0 Å². The molecule has 0 spiro atoms. The molecule has 1 atom stereocenters. The van der Waals surface area contributed by atoms with Crippen LogP contribution in [0, 0.1) is 0 Å². The van der Waals surface area contributed by atoms with Crippen molar-refractivity contribution in [1.82, 2.24) is 15.0 Å². The highest BCUT2D eigenvalue weighted by molar-refractivity contribution is 6.15. The molecule has 2 aromatic heterocycles. The van der Waals surface area contributed by atoms with Crippen molar-refractivity contribution in [2.75, 3.05) is 0 Å². The number of hydrogen-bond donors (Lipinski definition) is 0. The summed E-state index contributed by atoms with van der Waals surface area (Å²) in [4.78, 5) is 15.2. The summed E-state index contributed by atoms with van der Waals surface area (Å²) < 4.78 is 6.31. The summed E-state index contributed by atoms with van der Waals surface area (Å²) in [6.07, 6.45) is 0.960. The monoisotopic (exact) mass is 605 g/mol. The number of rotatable bonds is 5. The molecule has 6 aromatic carbocycles. The Bertz CT molecular complexity index is 2460. The topological polar surface area (TPSA) is 51.8 Å². The summed E-state index contributed by atoms with van der Waals surface area (Å²) >= 11 is 0. The summed E-state index contributed by atoms with van der Waals surface area (Å²) in [6.45, 7) is 4.64. The maximum Gasteiger partial charge on any atom is 0.164 e. The van der Waals surface area contributed by atoms with Crippen molar-refractivity contribution in [2.45, 2.75) is 25.7 Å². The van der Waals surface area contributed by atoms with Crippen molar-refractivity contribution in [1.29, 1.82) is 0 Å². The first kappa shape index (κ1) is 27.4. The van der Waals surface area contributed by atoms with Crippen molar-refractivity contribution in [3.05, 3.63) is 151 Å². The van der Waals surface area contributed by atoms with Crippen molar-refractivity contribution in [3.63, 3.8) is 0 Å². The second kappa shape index (κ2) is 10.6. The number of benzene rings is 6. The minimum Gasteiger partial charge on any atom is -0.456 e. The molecule has 0 saturated carbocycles. The van der Waals surface area contributed by atoms with Gasteiger partial charge in [0, 0.05) is 32.9 Å². The van der Waals surface area contributed by atoms with E-state index in [1.54, 1.807) is 0 Å². The van der Waals surface area contributed by atoms with E-state index < -0.39 is 0 Å². The third-order valence-corrected chi connectivity index (χ3v) is 9.88. The lowest BCUT2D eigenvalue weighted by Crippen LogP contribution is -2.19. The SMILES string of the molecule is CCC1(C)c2cc(-c3nc(-c4ccccc4)nc(-c4cccc(-c5ccccc5)c4)n3)ccc2-c2c1ccc1oc3ccccc3c21. The van der Waals surface area contributed by atoms with Gasteiger partial charge < -0.3 is 4.42 Å². The number of fused-ring (bicyclic) bond motifs is 7. The molecule has 0 saturated heterocycles. The Hall–Kier alpha value is -5.87. The van der Waals surface area contributed by atoms with Crippen molar-refractivity contribution >= 4 is 21.9 Å². The second-order valence-electron chi connectivity index (χ2n) is 12.5. The molecule has 8 aromatic rings. The van der Waals surface area contributed by atoms with Crippen LogP contribution in [0.4, 0.5) is 0 Å². The summed E-state index contributed by atoms with van der Waals surface area (Å²) in [5, 5.41) is 2.35. The van der Waals surface area contributed by atoms with E-state index in [1.807, 2.05) is 30.3 Å². The van der Waals surface area contributed by atoms with Crippen LogP contribution in [-0.2, 0) is 5.41 Å². The largest absolute Gasteiger partial charge is 0.456 e. The smallest absolute Gasteiger partial charge is 0.164 e. The summed E-state index contributed by atoms with van der Waals surface area (Å²) in [5.41, 5.74) is 12.0. The molecule has 4 nitrogen and oxygen atoms in total. The molecule has 2 heterocycles. The van der Waals surface area contributed by atoms with E-state index in [1.165, 1.54) is 27.6 Å². The molecule has 47 heavy (non-hydrogen) atoms. The Balaban J connectivity index is 1.24. The maximum absolute atomic E-state index is 6.31. The predicted molar refractivity (Wildman–Crippen MR) is 191 cm³/mol. The number of nitrogens with zero attached hydrogens (tertiary/aromatic N) is 3. The molecule has 0 radical (unpaired) electrons. The van der Waals surface area contributed by atoms with Gasteiger partial charge in [0.25, 0.3) is 0 Å². The van der Waals surface area contributed by atoms with Crippen LogP contribution in [0.15, 0.2) is 144 Å². The molecule has 0 N–H and O–H groups in total. The van der Waals surface area contributed by atoms with E-state index in [4.69, 9.17) is 19.4 Å². The molecule has 224 valence electrons. The summed E-state index contributed by atoms with van der Waals surface area (Å²) in [5.74, 6) is 1.97. The fourth-order valence-corrected chi connectivity index (χ4v) is 7.26. The lowest BCUT2D eigenvalue weighted by Gasteiger charge is -2.26. The van der Waals surface area contributed by atoms with Crippen LogP contribution in [0.2, 0.25) is 0 Å². The lowest BCUT2D eigenvalue weighted by molar-refractivity contribution is 0.564. The minimum absolute atomic E-state index is 0.171. The average molecular weight is 606 g/mol. The van der Waals surface area contributed by atoms with Gasteiger partial charge in [-0.15, -0.1) is 0 Å². The van der Waals surface area contributed by atoms with Gasteiger partial charge >= 0.3 is 0 Å².